The summed E-state index contributed by atoms with van der Waals surface area (Å²) < 4.78 is 4.54. The van der Waals surface area contributed by atoms with Crippen molar-refractivity contribution in [2.75, 3.05) is 0 Å². The normalized spacial score (nSPS) is 19.4. The lowest BCUT2D eigenvalue weighted by atomic mass is 9.59. The van der Waals surface area contributed by atoms with E-state index in [0.29, 0.717) is 0 Å². The van der Waals surface area contributed by atoms with Crippen LogP contribution in [0.15, 0.2) is 42.5 Å². The Balaban J connectivity index is 2.07. The van der Waals surface area contributed by atoms with Gasteiger partial charge in [-0.05, 0) is 33.8 Å². The smallest absolute Gasteiger partial charge is 0.244 e. The number of nitrogens with zero attached hydrogens (tertiary/aromatic N) is 2. The second-order valence-electron chi connectivity index (χ2n) is 9.68. The number of imidazole rings is 1. The Morgan fingerprint density at radius 3 is 2.07 bits per heavy atom. The SMILES string of the molecule is CCC[n+]1[c-]n(-c2ccccc2)c2cc3c(cc21)C(C)(C)C(C)(C)C3(C)C. The summed E-state index contributed by atoms with van der Waals surface area (Å²) >= 11 is 0. The van der Waals surface area contributed by atoms with Crippen LogP contribution in [-0.4, -0.2) is 4.57 Å². The molecular weight excluding hydrogens is 328 g/mol. The van der Waals surface area contributed by atoms with Gasteiger partial charge < -0.3 is 9.13 Å². The third-order valence-corrected chi connectivity index (χ3v) is 7.80. The molecule has 2 aromatic carbocycles. The van der Waals surface area contributed by atoms with Crippen LogP contribution in [0.1, 0.15) is 66.0 Å². The van der Waals surface area contributed by atoms with Crippen LogP contribution in [0, 0.1) is 11.7 Å². The van der Waals surface area contributed by atoms with Crippen molar-refractivity contribution in [2.24, 2.45) is 5.41 Å². The van der Waals surface area contributed by atoms with E-state index < -0.39 is 0 Å². The van der Waals surface area contributed by atoms with Gasteiger partial charge in [-0.2, -0.15) is 0 Å². The van der Waals surface area contributed by atoms with Crippen molar-refractivity contribution in [3.05, 3.63) is 59.9 Å². The van der Waals surface area contributed by atoms with E-state index in [4.69, 9.17) is 0 Å². The van der Waals surface area contributed by atoms with E-state index in [1.54, 1.807) is 0 Å². The Morgan fingerprint density at radius 2 is 1.48 bits per heavy atom. The highest BCUT2D eigenvalue weighted by Crippen LogP contribution is 2.61. The number of rotatable bonds is 3. The number of aromatic nitrogens is 2. The number of para-hydroxylation sites is 1. The molecular formula is C25H32N2. The molecule has 0 fully saturated rings. The molecule has 1 heterocycles. The number of hydrogen-bond donors (Lipinski definition) is 0. The number of aryl methyl sites for hydroxylation is 1. The van der Waals surface area contributed by atoms with Crippen LogP contribution in [0.2, 0.25) is 0 Å². The molecule has 142 valence electrons. The first kappa shape index (κ1) is 18.3. The van der Waals surface area contributed by atoms with Gasteiger partial charge in [0, 0.05) is 0 Å². The van der Waals surface area contributed by atoms with E-state index in [2.05, 4.69) is 106 Å². The fourth-order valence-electron chi connectivity index (χ4n) is 4.86. The molecule has 0 saturated heterocycles. The average Bonchev–Trinajstić information content (AvgIpc) is 3.03. The van der Waals surface area contributed by atoms with Crippen molar-refractivity contribution < 1.29 is 4.57 Å². The minimum Gasteiger partial charge on any atom is -0.319 e. The Morgan fingerprint density at radius 1 is 0.889 bits per heavy atom. The molecule has 0 N–H and O–H groups in total. The van der Waals surface area contributed by atoms with Gasteiger partial charge in [-0.15, -0.1) is 0 Å². The Labute approximate surface area is 163 Å². The van der Waals surface area contributed by atoms with Crippen molar-refractivity contribution in [3.63, 3.8) is 0 Å². The van der Waals surface area contributed by atoms with Crippen LogP contribution in [0.4, 0.5) is 0 Å². The zero-order chi connectivity index (χ0) is 19.6. The van der Waals surface area contributed by atoms with E-state index in [1.807, 2.05) is 0 Å². The summed E-state index contributed by atoms with van der Waals surface area (Å²) in [7, 11) is 0. The molecule has 0 amide bonds. The van der Waals surface area contributed by atoms with Crippen LogP contribution >= 0.6 is 0 Å². The van der Waals surface area contributed by atoms with Crippen molar-refractivity contribution in [1.82, 2.24) is 4.57 Å². The maximum absolute atomic E-state index is 3.62. The van der Waals surface area contributed by atoms with Crippen LogP contribution in [-0.2, 0) is 17.4 Å². The molecule has 0 spiro atoms. The van der Waals surface area contributed by atoms with E-state index in [9.17, 15) is 0 Å². The monoisotopic (exact) mass is 360 g/mol. The molecule has 2 nitrogen and oxygen atoms in total. The molecule has 27 heavy (non-hydrogen) atoms. The van der Waals surface area contributed by atoms with E-state index in [1.165, 1.54) is 27.8 Å². The predicted molar refractivity (Wildman–Crippen MR) is 112 cm³/mol. The summed E-state index contributed by atoms with van der Waals surface area (Å²) in [5.74, 6) is 0. The zero-order valence-electron chi connectivity index (χ0n) is 17.9. The lowest BCUT2D eigenvalue weighted by Gasteiger charge is -2.44. The lowest BCUT2D eigenvalue weighted by Crippen LogP contribution is -2.42. The van der Waals surface area contributed by atoms with E-state index in [0.717, 1.165) is 13.0 Å². The molecule has 0 radical (unpaired) electrons. The molecule has 4 rings (SSSR count). The highest BCUT2D eigenvalue weighted by Gasteiger charge is 2.56. The Hall–Kier alpha value is -2.09. The molecule has 0 atom stereocenters. The number of fused-ring (bicyclic) bond motifs is 2. The van der Waals surface area contributed by atoms with Crippen molar-refractivity contribution >= 4 is 11.0 Å². The highest BCUT2D eigenvalue weighted by atomic mass is 15.1. The van der Waals surface area contributed by atoms with E-state index >= 15 is 0 Å². The summed E-state index contributed by atoms with van der Waals surface area (Å²) in [5.41, 5.74) is 7.12. The van der Waals surface area contributed by atoms with Gasteiger partial charge >= 0.3 is 0 Å². The molecule has 1 aliphatic rings. The minimum absolute atomic E-state index is 0.112. The van der Waals surface area contributed by atoms with Crippen LogP contribution < -0.4 is 4.57 Å². The summed E-state index contributed by atoms with van der Waals surface area (Å²) in [6, 6.07) is 15.5. The first-order valence-electron chi connectivity index (χ1n) is 10.2. The first-order chi connectivity index (χ1) is 12.6. The largest absolute Gasteiger partial charge is 0.319 e. The minimum atomic E-state index is 0.112. The van der Waals surface area contributed by atoms with Gasteiger partial charge in [0.15, 0.2) is 0 Å². The highest BCUT2D eigenvalue weighted by molar-refractivity contribution is 5.78. The van der Waals surface area contributed by atoms with Crippen LogP contribution in [0.5, 0.6) is 0 Å². The van der Waals surface area contributed by atoms with Gasteiger partial charge in [0.25, 0.3) is 0 Å². The molecule has 1 aromatic heterocycles. The second kappa shape index (κ2) is 5.70. The maximum Gasteiger partial charge on any atom is 0.244 e. The van der Waals surface area contributed by atoms with Gasteiger partial charge in [0.05, 0.1) is 23.3 Å². The summed E-state index contributed by atoms with van der Waals surface area (Å²) in [4.78, 5) is 0. The number of benzene rings is 2. The Kier molecular flexibility index (Phi) is 3.86. The van der Waals surface area contributed by atoms with Gasteiger partial charge in [0.2, 0.25) is 6.33 Å². The molecule has 0 bridgehead atoms. The third-order valence-electron chi connectivity index (χ3n) is 7.80. The van der Waals surface area contributed by atoms with Gasteiger partial charge in [-0.25, -0.2) is 0 Å². The first-order valence-corrected chi connectivity index (χ1v) is 10.2. The Bertz CT molecular complexity index is 1000. The lowest BCUT2D eigenvalue weighted by molar-refractivity contribution is -0.676. The number of hydrogen-bond acceptors (Lipinski definition) is 0. The van der Waals surface area contributed by atoms with Crippen LogP contribution in [0.25, 0.3) is 16.7 Å². The van der Waals surface area contributed by atoms with Crippen LogP contribution in [0.3, 0.4) is 0 Å². The molecule has 0 unspecified atom stereocenters. The van der Waals surface area contributed by atoms with Crippen molar-refractivity contribution in [2.45, 2.75) is 72.3 Å². The fourth-order valence-corrected chi connectivity index (χ4v) is 4.86. The third kappa shape index (κ3) is 2.28. The summed E-state index contributed by atoms with van der Waals surface area (Å²) in [6.45, 7) is 17.7. The quantitative estimate of drug-likeness (QED) is 0.417. The summed E-state index contributed by atoms with van der Waals surface area (Å²) in [5, 5.41) is 0. The molecule has 0 saturated carbocycles. The summed E-state index contributed by atoms with van der Waals surface area (Å²) in [6.07, 6.45) is 4.72. The molecule has 0 aliphatic heterocycles. The second-order valence-corrected chi connectivity index (χ2v) is 9.68. The molecule has 1 aliphatic carbocycles. The zero-order valence-corrected chi connectivity index (χ0v) is 17.9. The standard InChI is InChI=1S/C25H32N2/c1-8-14-26-17-27(18-12-10-9-11-13-18)22-16-20-19(15-21(22)26)23(2,3)25(6,7)24(20,4)5/h9-13,15-16H,8,14H2,1-7H3. The van der Waals surface area contributed by atoms with Crippen molar-refractivity contribution in [1.29, 1.82) is 0 Å². The predicted octanol–water partition coefficient (Wildman–Crippen LogP) is 5.72. The van der Waals surface area contributed by atoms with Gasteiger partial charge in [-0.3, -0.25) is 0 Å². The molecule has 2 heteroatoms. The topological polar surface area (TPSA) is 8.81 Å². The average molecular weight is 361 g/mol. The maximum atomic E-state index is 3.62. The molecule has 3 aromatic rings. The van der Waals surface area contributed by atoms with Gasteiger partial charge in [-0.1, -0.05) is 90.9 Å². The van der Waals surface area contributed by atoms with Gasteiger partial charge in [0.1, 0.15) is 0 Å². The van der Waals surface area contributed by atoms with E-state index in [-0.39, 0.29) is 16.2 Å². The van der Waals surface area contributed by atoms with Crippen molar-refractivity contribution in [3.8, 4) is 5.69 Å². The fraction of sp³-hybridized carbons (Fsp3) is 0.480.